The van der Waals surface area contributed by atoms with Crippen LogP contribution >= 0.6 is 0 Å². The third-order valence-corrected chi connectivity index (χ3v) is 3.23. The molecule has 0 amide bonds. The van der Waals surface area contributed by atoms with Gasteiger partial charge in [0.15, 0.2) is 5.82 Å². The van der Waals surface area contributed by atoms with E-state index in [1.165, 1.54) is 12.3 Å². The lowest BCUT2D eigenvalue weighted by Gasteiger charge is -2.12. The first-order valence-electron chi connectivity index (χ1n) is 6.21. The number of nitrogens with zero attached hydrogens (tertiary/aromatic N) is 3. The number of aromatic nitrogens is 4. The number of aromatic amines is 1. The summed E-state index contributed by atoms with van der Waals surface area (Å²) in [5.74, 6) is 0.369. The topological polar surface area (TPSA) is 113 Å². The van der Waals surface area contributed by atoms with Gasteiger partial charge in [-0.3, -0.25) is 4.79 Å². The van der Waals surface area contributed by atoms with E-state index in [2.05, 4.69) is 15.0 Å². The van der Waals surface area contributed by atoms with Crippen LogP contribution in [-0.2, 0) is 4.74 Å². The number of nitrogens with one attached hydrogen (secondary N) is 1. The van der Waals surface area contributed by atoms with Gasteiger partial charge in [-0.2, -0.15) is 0 Å². The maximum absolute atomic E-state index is 11.2. The first kappa shape index (κ1) is 13.0. The summed E-state index contributed by atoms with van der Waals surface area (Å²) >= 11 is 0. The molecule has 1 fully saturated rings. The Kier molecular flexibility index (Phi) is 3.35. The minimum atomic E-state index is -0.703. The molecule has 1 aliphatic heterocycles. The van der Waals surface area contributed by atoms with Crippen LogP contribution in [0.3, 0.4) is 0 Å². The minimum absolute atomic E-state index is 0.229. The fourth-order valence-electron chi connectivity index (χ4n) is 2.18. The Morgan fingerprint density at radius 1 is 1.50 bits per heavy atom. The van der Waals surface area contributed by atoms with E-state index in [1.54, 1.807) is 17.1 Å². The van der Waals surface area contributed by atoms with E-state index in [0.717, 1.165) is 0 Å². The molecular weight excluding hydrogens is 264 g/mol. The van der Waals surface area contributed by atoms with Gasteiger partial charge in [-0.15, -0.1) is 0 Å². The highest BCUT2D eigenvalue weighted by atomic mass is 16.5. The van der Waals surface area contributed by atoms with Crippen LogP contribution in [0.2, 0.25) is 0 Å². The molecule has 0 aliphatic carbocycles. The molecule has 1 unspecified atom stereocenters. The van der Waals surface area contributed by atoms with E-state index in [0.29, 0.717) is 17.9 Å². The van der Waals surface area contributed by atoms with Crippen molar-refractivity contribution >= 4 is 0 Å². The summed E-state index contributed by atoms with van der Waals surface area (Å²) in [6.45, 7) is -0.229. The van der Waals surface area contributed by atoms with Crippen molar-refractivity contribution in [1.29, 1.82) is 0 Å². The van der Waals surface area contributed by atoms with Gasteiger partial charge in [-0.05, 0) is 0 Å². The normalized spacial score (nSPS) is 26.0. The summed E-state index contributed by atoms with van der Waals surface area (Å²) in [5, 5.41) is 18.8. The van der Waals surface area contributed by atoms with Gasteiger partial charge in [0, 0.05) is 24.9 Å². The van der Waals surface area contributed by atoms with Crippen molar-refractivity contribution in [1.82, 2.24) is 19.5 Å². The number of aliphatic hydroxyl groups excluding tert-OH is 2. The van der Waals surface area contributed by atoms with Crippen LogP contribution in [0.15, 0.2) is 29.6 Å². The van der Waals surface area contributed by atoms with Crippen molar-refractivity contribution in [2.24, 2.45) is 0 Å². The molecule has 1 saturated heterocycles. The van der Waals surface area contributed by atoms with E-state index >= 15 is 0 Å². The highest BCUT2D eigenvalue weighted by molar-refractivity contribution is 5.46. The Morgan fingerprint density at radius 2 is 2.35 bits per heavy atom. The number of imidazole rings is 1. The molecule has 106 valence electrons. The van der Waals surface area contributed by atoms with Gasteiger partial charge in [0.25, 0.3) is 5.56 Å². The Hall–Kier alpha value is -2.03. The number of aliphatic hydroxyl groups is 2. The van der Waals surface area contributed by atoms with Crippen LogP contribution in [-0.4, -0.2) is 48.5 Å². The predicted octanol–water partition coefficient (Wildman–Crippen LogP) is -0.726. The maximum atomic E-state index is 11.2. The van der Waals surface area contributed by atoms with E-state index in [1.807, 2.05) is 0 Å². The standard InChI is InChI=1S/C12H14N4O4/c17-5-9-8(18)3-11(20-9)16-4-7(14-6-16)12-13-2-1-10(19)15-12/h1-2,4,6,8-9,11,17-18H,3,5H2,(H,13,15,19)/t8?,9-,11-/m1/s1. The van der Waals surface area contributed by atoms with E-state index in [-0.39, 0.29) is 18.4 Å². The smallest absolute Gasteiger partial charge is 0.251 e. The molecule has 3 N–H and O–H groups in total. The molecule has 0 saturated carbocycles. The molecule has 2 aromatic rings. The van der Waals surface area contributed by atoms with E-state index < -0.39 is 12.2 Å². The van der Waals surface area contributed by atoms with Gasteiger partial charge < -0.3 is 24.5 Å². The van der Waals surface area contributed by atoms with Gasteiger partial charge in [0.2, 0.25) is 0 Å². The molecule has 8 nitrogen and oxygen atoms in total. The molecular formula is C12H14N4O4. The van der Waals surface area contributed by atoms with Crippen LogP contribution < -0.4 is 5.56 Å². The van der Waals surface area contributed by atoms with Crippen LogP contribution in [0.4, 0.5) is 0 Å². The molecule has 2 aromatic heterocycles. The summed E-state index contributed by atoms with van der Waals surface area (Å²) < 4.78 is 7.19. The second-order valence-corrected chi connectivity index (χ2v) is 4.60. The molecule has 0 spiro atoms. The van der Waals surface area contributed by atoms with Crippen molar-refractivity contribution in [3.63, 3.8) is 0 Å². The molecule has 3 rings (SSSR count). The zero-order valence-electron chi connectivity index (χ0n) is 10.5. The van der Waals surface area contributed by atoms with Gasteiger partial charge in [0.05, 0.1) is 19.0 Å². The number of hydrogen-bond acceptors (Lipinski definition) is 6. The molecule has 3 heterocycles. The fourth-order valence-corrected chi connectivity index (χ4v) is 2.18. The fraction of sp³-hybridized carbons (Fsp3) is 0.417. The number of rotatable bonds is 3. The Morgan fingerprint density at radius 3 is 3.05 bits per heavy atom. The summed E-state index contributed by atoms with van der Waals surface area (Å²) in [5.41, 5.74) is 0.255. The van der Waals surface area contributed by atoms with Crippen LogP contribution in [0.1, 0.15) is 12.6 Å². The van der Waals surface area contributed by atoms with Crippen LogP contribution in [0.5, 0.6) is 0 Å². The molecule has 0 radical (unpaired) electrons. The van der Waals surface area contributed by atoms with E-state index in [4.69, 9.17) is 9.84 Å². The zero-order valence-corrected chi connectivity index (χ0v) is 10.5. The van der Waals surface area contributed by atoms with Gasteiger partial charge in [-0.25, -0.2) is 9.97 Å². The lowest BCUT2D eigenvalue weighted by Crippen LogP contribution is -2.24. The average molecular weight is 278 g/mol. The van der Waals surface area contributed by atoms with Crippen molar-refractivity contribution in [3.8, 4) is 11.5 Å². The largest absolute Gasteiger partial charge is 0.394 e. The highest BCUT2D eigenvalue weighted by Crippen LogP contribution is 2.29. The molecule has 20 heavy (non-hydrogen) atoms. The number of ether oxygens (including phenoxy) is 1. The highest BCUT2D eigenvalue weighted by Gasteiger charge is 2.34. The van der Waals surface area contributed by atoms with Crippen molar-refractivity contribution < 1.29 is 14.9 Å². The molecule has 0 bridgehead atoms. The lowest BCUT2D eigenvalue weighted by atomic mass is 10.2. The predicted molar refractivity (Wildman–Crippen MR) is 67.7 cm³/mol. The number of H-pyrrole nitrogens is 1. The minimum Gasteiger partial charge on any atom is -0.394 e. The van der Waals surface area contributed by atoms with E-state index in [9.17, 15) is 9.90 Å². The molecule has 8 heteroatoms. The Labute approximate surface area is 113 Å². The lowest BCUT2D eigenvalue weighted by molar-refractivity contribution is -0.0443. The second kappa shape index (κ2) is 5.16. The third kappa shape index (κ3) is 2.36. The van der Waals surface area contributed by atoms with Gasteiger partial charge >= 0.3 is 0 Å². The third-order valence-electron chi connectivity index (χ3n) is 3.23. The second-order valence-electron chi connectivity index (χ2n) is 4.60. The summed E-state index contributed by atoms with van der Waals surface area (Å²) in [6, 6.07) is 1.32. The SMILES string of the molecule is O=c1ccnc(-c2cn([C@H]3CC(O)[C@@H](CO)O3)cn2)[nH]1. The molecule has 3 atom stereocenters. The first-order chi connectivity index (χ1) is 9.67. The number of hydrogen-bond donors (Lipinski definition) is 3. The van der Waals surface area contributed by atoms with Gasteiger partial charge in [0.1, 0.15) is 18.0 Å². The first-order valence-corrected chi connectivity index (χ1v) is 6.21. The monoisotopic (exact) mass is 278 g/mol. The molecule has 1 aliphatic rings. The Bertz CT molecular complexity index is 653. The summed E-state index contributed by atoms with van der Waals surface area (Å²) in [7, 11) is 0. The summed E-state index contributed by atoms with van der Waals surface area (Å²) in [6.07, 6.45) is 3.32. The van der Waals surface area contributed by atoms with Gasteiger partial charge in [-0.1, -0.05) is 0 Å². The maximum Gasteiger partial charge on any atom is 0.251 e. The van der Waals surface area contributed by atoms with Crippen LogP contribution in [0, 0.1) is 0 Å². The van der Waals surface area contributed by atoms with Crippen LogP contribution in [0.25, 0.3) is 11.5 Å². The Balaban J connectivity index is 1.83. The average Bonchev–Trinajstić information content (AvgIpc) is 3.05. The van der Waals surface area contributed by atoms with Crippen molar-refractivity contribution in [3.05, 3.63) is 35.1 Å². The summed E-state index contributed by atoms with van der Waals surface area (Å²) in [4.78, 5) is 22.0. The van der Waals surface area contributed by atoms with Crippen molar-refractivity contribution in [2.75, 3.05) is 6.61 Å². The quantitative estimate of drug-likeness (QED) is 0.682. The molecule has 0 aromatic carbocycles. The zero-order chi connectivity index (χ0) is 14.1. The van der Waals surface area contributed by atoms with Crippen molar-refractivity contribution in [2.45, 2.75) is 24.9 Å².